The minimum atomic E-state index is -0.697. The van der Waals surface area contributed by atoms with E-state index in [0.29, 0.717) is 5.02 Å². The van der Waals surface area contributed by atoms with E-state index in [1.807, 2.05) is 26.0 Å². The van der Waals surface area contributed by atoms with Gasteiger partial charge in [-0.2, -0.15) is 0 Å². The van der Waals surface area contributed by atoms with Gasteiger partial charge in [-0.1, -0.05) is 88.1 Å². The Bertz CT molecular complexity index is 1110. The minimum absolute atomic E-state index is 0.283. The fraction of sp³-hybridized carbons (Fsp3) is 0.545. The number of ether oxygens (including phenoxy) is 1. The highest BCUT2D eigenvalue weighted by atomic mass is 35.5. The molecule has 0 saturated heterocycles. The van der Waals surface area contributed by atoms with Crippen molar-refractivity contribution in [2.24, 2.45) is 5.92 Å². The van der Waals surface area contributed by atoms with Gasteiger partial charge in [-0.3, -0.25) is 4.79 Å². The number of halogens is 1. The van der Waals surface area contributed by atoms with Crippen LogP contribution in [-0.4, -0.2) is 22.8 Å². The molecule has 0 radical (unpaired) electrons. The molecular weight excluding hydrogens is 494 g/mol. The molecule has 3 aromatic rings. The van der Waals surface area contributed by atoms with E-state index in [9.17, 15) is 4.79 Å². The summed E-state index contributed by atoms with van der Waals surface area (Å²) in [6, 6.07) is 14.4. The van der Waals surface area contributed by atoms with Crippen LogP contribution in [0.1, 0.15) is 94.4 Å². The molecule has 4 rings (SSSR count). The van der Waals surface area contributed by atoms with Crippen LogP contribution in [0.3, 0.4) is 0 Å². The zero-order chi connectivity index (χ0) is 27.9. The predicted octanol–water partition coefficient (Wildman–Crippen LogP) is 9.93. The van der Waals surface area contributed by atoms with Crippen LogP contribution in [0.25, 0.3) is 10.9 Å². The summed E-state index contributed by atoms with van der Waals surface area (Å²) in [4.78, 5) is 10.4. The second kappa shape index (κ2) is 17.2. The van der Waals surface area contributed by atoms with Crippen molar-refractivity contribution in [1.29, 1.82) is 0 Å². The van der Waals surface area contributed by atoms with Crippen LogP contribution in [0, 0.1) is 26.7 Å². The third kappa shape index (κ3) is 10.7. The lowest BCUT2D eigenvalue weighted by Crippen LogP contribution is -2.04. The van der Waals surface area contributed by atoms with Crippen LogP contribution >= 0.6 is 11.6 Å². The number of hydrogen-bond donors (Lipinski definition) is 1. The zero-order valence-electron chi connectivity index (χ0n) is 24.2. The Morgan fingerprint density at radius 2 is 1.68 bits per heavy atom. The van der Waals surface area contributed by atoms with Gasteiger partial charge in [0.15, 0.2) is 0 Å². The highest BCUT2D eigenvalue weighted by Crippen LogP contribution is 2.28. The van der Waals surface area contributed by atoms with E-state index >= 15 is 0 Å². The van der Waals surface area contributed by atoms with E-state index in [1.165, 1.54) is 72.7 Å². The van der Waals surface area contributed by atoms with Gasteiger partial charge in [0.25, 0.3) is 0 Å². The molecule has 1 aliphatic rings. The maximum atomic E-state index is 10.4. The number of nitrogens with zero attached hydrogens (tertiary/aromatic N) is 1. The van der Waals surface area contributed by atoms with E-state index in [-0.39, 0.29) is 6.42 Å². The number of fused-ring (bicyclic) bond motifs is 1. The molecule has 4 nitrogen and oxygen atoms in total. The van der Waals surface area contributed by atoms with Gasteiger partial charge in [-0.05, 0) is 80.3 Å². The maximum absolute atomic E-state index is 10.4. The number of rotatable bonds is 9. The maximum Gasteiger partial charge on any atom is 0.303 e. The lowest BCUT2D eigenvalue weighted by Gasteiger charge is -2.20. The van der Waals surface area contributed by atoms with Crippen LogP contribution in [0.2, 0.25) is 5.02 Å². The number of hydrogen-bond acceptors (Lipinski definition) is 2. The van der Waals surface area contributed by atoms with Crippen molar-refractivity contribution >= 4 is 28.5 Å². The molecule has 1 N–H and O–H groups in total. The van der Waals surface area contributed by atoms with E-state index in [0.717, 1.165) is 37.5 Å². The monoisotopic (exact) mass is 541 g/mol. The molecule has 1 fully saturated rings. The molecule has 0 aliphatic heterocycles. The molecule has 1 aromatic heterocycles. The normalized spacial score (nSPS) is 13.3. The Hall–Kier alpha value is -2.46. The Kier molecular flexibility index (Phi) is 14.4. The lowest BCUT2D eigenvalue weighted by molar-refractivity contribution is -0.137. The third-order valence-corrected chi connectivity index (χ3v) is 7.78. The van der Waals surface area contributed by atoms with E-state index in [1.54, 1.807) is 7.11 Å². The first-order valence-corrected chi connectivity index (χ1v) is 14.7. The van der Waals surface area contributed by atoms with Crippen molar-refractivity contribution in [2.45, 2.75) is 105 Å². The van der Waals surface area contributed by atoms with Crippen LogP contribution in [-0.2, 0) is 11.3 Å². The van der Waals surface area contributed by atoms with Gasteiger partial charge in [0.05, 0.1) is 12.1 Å². The topological polar surface area (TPSA) is 51.5 Å². The van der Waals surface area contributed by atoms with Crippen LogP contribution < -0.4 is 4.74 Å². The summed E-state index contributed by atoms with van der Waals surface area (Å²) in [5.41, 5.74) is 4.93. The molecule has 1 aliphatic carbocycles. The van der Waals surface area contributed by atoms with Gasteiger partial charge in [-0.15, -0.1) is 0 Å². The lowest BCUT2D eigenvalue weighted by atomic mass is 9.86. The SMILES string of the molecule is CCCC1CCCCC1.COc1cc(C)c(C)cc1Cl.Cc1cc2ccccc2n1CCCCCC(=O)O. The number of unbranched alkanes of at least 4 members (excludes halogenated alkanes) is 2. The molecule has 1 heterocycles. The molecule has 0 atom stereocenters. The van der Waals surface area contributed by atoms with Crippen molar-refractivity contribution in [2.75, 3.05) is 7.11 Å². The quantitative estimate of drug-likeness (QED) is 0.274. The third-order valence-electron chi connectivity index (χ3n) is 7.48. The van der Waals surface area contributed by atoms with Gasteiger partial charge >= 0.3 is 5.97 Å². The summed E-state index contributed by atoms with van der Waals surface area (Å²) in [6.07, 6.45) is 13.5. The highest BCUT2D eigenvalue weighted by molar-refractivity contribution is 6.32. The summed E-state index contributed by atoms with van der Waals surface area (Å²) < 4.78 is 7.36. The smallest absolute Gasteiger partial charge is 0.303 e. The number of carbonyl (C=O) groups is 1. The molecule has 0 bridgehead atoms. The largest absolute Gasteiger partial charge is 0.495 e. The molecule has 210 valence electrons. The number of carboxylic acids is 1. The molecular formula is C33H48ClNO3. The molecule has 0 unspecified atom stereocenters. The number of methoxy groups -OCH3 is 1. The molecule has 0 spiro atoms. The minimum Gasteiger partial charge on any atom is -0.495 e. The number of benzene rings is 2. The van der Waals surface area contributed by atoms with Gasteiger partial charge in [0, 0.05) is 24.2 Å². The van der Waals surface area contributed by atoms with Crippen molar-refractivity contribution in [3.05, 3.63) is 64.3 Å². The Morgan fingerprint density at radius 3 is 2.34 bits per heavy atom. The fourth-order valence-corrected chi connectivity index (χ4v) is 5.46. The predicted molar refractivity (Wildman–Crippen MR) is 162 cm³/mol. The van der Waals surface area contributed by atoms with E-state index < -0.39 is 5.97 Å². The summed E-state index contributed by atoms with van der Waals surface area (Å²) in [6.45, 7) is 9.46. The van der Waals surface area contributed by atoms with Crippen LogP contribution in [0.5, 0.6) is 5.75 Å². The average Bonchev–Trinajstić information content (AvgIpc) is 3.22. The first-order valence-electron chi connectivity index (χ1n) is 14.3. The summed E-state index contributed by atoms with van der Waals surface area (Å²) in [5, 5.41) is 10.5. The summed E-state index contributed by atoms with van der Waals surface area (Å²) in [5.74, 6) is 1.15. The van der Waals surface area contributed by atoms with Gasteiger partial charge < -0.3 is 14.4 Å². The number of carboxylic acid groups (broad SMARTS) is 1. The molecule has 1 saturated carbocycles. The second-order valence-corrected chi connectivity index (χ2v) is 11.0. The summed E-state index contributed by atoms with van der Waals surface area (Å²) >= 11 is 5.88. The van der Waals surface area contributed by atoms with Gasteiger partial charge in [0.2, 0.25) is 0 Å². The van der Waals surface area contributed by atoms with E-state index in [4.69, 9.17) is 21.4 Å². The van der Waals surface area contributed by atoms with Gasteiger partial charge in [-0.25, -0.2) is 0 Å². The first kappa shape index (κ1) is 31.8. The highest BCUT2D eigenvalue weighted by Gasteiger charge is 2.11. The number of aliphatic carboxylic acids is 1. The Balaban J connectivity index is 0.000000217. The summed E-state index contributed by atoms with van der Waals surface area (Å²) in [7, 11) is 1.62. The van der Waals surface area contributed by atoms with Gasteiger partial charge in [0.1, 0.15) is 5.75 Å². The molecule has 5 heteroatoms. The van der Waals surface area contributed by atoms with Crippen LogP contribution in [0.15, 0.2) is 42.5 Å². The van der Waals surface area contributed by atoms with Crippen molar-refractivity contribution in [1.82, 2.24) is 4.57 Å². The first-order chi connectivity index (χ1) is 18.3. The fourth-order valence-electron chi connectivity index (χ4n) is 5.16. The zero-order valence-corrected chi connectivity index (χ0v) is 24.9. The number of aromatic nitrogens is 1. The van der Waals surface area contributed by atoms with Crippen molar-refractivity contribution < 1.29 is 14.6 Å². The Morgan fingerprint density at radius 1 is 1.00 bits per heavy atom. The number of para-hydroxylation sites is 1. The number of aryl methyl sites for hydroxylation is 4. The molecule has 2 aromatic carbocycles. The Labute approximate surface area is 235 Å². The van der Waals surface area contributed by atoms with Crippen molar-refractivity contribution in [3.63, 3.8) is 0 Å². The molecule has 0 amide bonds. The second-order valence-electron chi connectivity index (χ2n) is 10.6. The molecule has 38 heavy (non-hydrogen) atoms. The van der Waals surface area contributed by atoms with E-state index in [2.05, 4.69) is 48.7 Å². The van der Waals surface area contributed by atoms with Crippen LogP contribution in [0.4, 0.5) is 0 Å². The standard InChI is InChI=1S/C15H19NO2.C9H11ClO.C9H18/c1-12-11-13-7-4-5-8-14(13)16(12)10-6-2-3-9-15(17)18;1-6-4-8(10)9(11-3)5-7(6)2;1-2-6-9-7-4-3-5-8-9/h4-5,7-8,11H,2-3,6,9-10H2,1H3,(H,17,18);4-5H,1-3H3;9H,2-8H2,1H3. The van der Waals surface area contributed by atoms with Crippen molar-refractivity contribution in [3.8, 4) is 5.75 Å². The average molecular weight is 542 g/mol.